The van der Waals surface area contributed by atoms with Gasteiger partial charge in [-0.2, -0.15) is 4.98 Å². The normalized spacial score (nSPS) is 27.1. The van der Waals surface area contributed by atoms with Crippen molar-refractivity contribution in [3.05, 3.63) is 99.7 Å². The van der Waals surface area contributed by atoms with Crippen LogP contribution in [0.15, 0.2) is 77.8 Å². The highest BCUT2D eigenvalue weighted by atomic mass is 32.2. The van der Waals surface area contributed by atoms with Gasteiger partial charge in [-0.1, -0.05) is 24.3 Å². The number of nitro benzene ring substituents is 1. The number of piperidine rings is 1. The number of morpholine rings is 1. The van der Waals surface area contributed by atoms with E-state index in [1.165, 1.54) is 42.9 Å². The van der Waals surface area contributed by atoms with Crippen molar-refractivity contribution in [1.29, 1.82) is 0 Å². The number of H-pyrrole nitrogens is 1. The van der Waals surface area contributed by atoms with Crippen molar-refractivity contribution in [3.8, 4) is 11.6 Å². The van der Waals surface area contributed by atoms with Crippen molar-refractivity contribution in [2.45, 2.75) is 99.2 Å². The number of nitrogens with zero attached hydrogens (tertiary/aromatic N) is 6. The van der Waals surface area contributed by atoms with Crippen molar-refractivity contribution in [2.75, 3.05) is 74.3 Å². The van der Waals surface area contributed by atoms with Crippen LogP contribution in [0.1, 0.15) is 72.5 Å². The van der Waals surface area contributed by atoms with Gasteiger partial charge in [-0.25, -0.2) is 13.1 Å². The molecule has 0 radical (unpaired) electrons. The Kier molecular flexibility index (Phi) is 10.6. The molecule has 366 valence electrons. The maximum Gasteiger partial charge on any atom is 0.297 e. The van der Waals surface area contributed by atoms with Crippen LogP contribution in [0, 0.1) is 22.5 Å². The van der Waals surface area contributed by atoms with Gasteiger partial charge in [0.2, 0.25) is 5.88 Å². The Morgan fingerprint density at radius 2 is 1.84 bits per heavy atom. The summed E-state index contributed by atoms with van der Waals surface area (Å²) in [5.74, 6) is -0.501. The van der Waals surface area contributed by atoms with Crippen LogP contribution in [-0.2, 0) is 19.5 Å². The number of carbonyl (C=O) groups excluding carboxylic acids is 1. The summed E-state index contributed by atoms with van der Waals surface area (Å²) in [6, 6.07) is 21.2. The summed E-state index contributed by atoms with van der Waals surface area (Å²) in [6.45, 7) is 7.89. The number of nitro groups is 1. The van der Waals surface area contributed by atoms with E-state index < -0.39 is 37.5 Å². The van der Waals surface area contributed by atoms with Gasteiger partial charge in [0.15, 0.2) is 11.4 Å². The Morgan fingerprint density at radius 3 is 2.64 bits per heavy atom. The van der Waals surface area contributed by atoms with Crippen LogP contribution in [0.3, 0.4) is 0 Å². The first-order valence-corrected chi connectivity index (χ1v) is 26.3. The molecule has 5 saturated heterocycles. The molecule has 8 aliphatic rings. The SMILES string of the molecule is Cc1ccccc1[C@@H]1CCCN1C1CC2(CCN(c3ccc(C(=O)NS(=O)(=O)c4cc5c(c([N+](=O)[O-])c4)N[C@H](CN4C[C@@H]6C[C@H]4CO6)CO5)c(N4c5cc6cc[nH]c6nc5O[C@@H]5COC[C@H]54)c3)CC2)C1. The maximum atomic E-state index is 14.7. The fourth-order valence-electron chi connectivity index (χ4n) is 13.1. The monoisotopic (exact) mass is 971 g/mol. The second-order valence-electron chi connectivity index (χ2n) is 20.8. The highest BCUT2D eigenvalue weighted by Gasteiger charge is 2.50. The third-order valence-corrected chi connectivity index (χ3v) is 18.0. The average Bonchev–Trinajstić information content (AvgIpc) is 4.22. The summed E-state index contributed by atoms with van der Waals surface area (Å²) >= 11 is 0. The van der Waals surface area contributed by atoms with Crippen molar-refractivity contribution < 1.29 is 37.1 Å². The molecular formula is C51H57N9O9S. The minimum absolute atomic E-state index is 0.0265. The number of anilines is 4. The summed E-state index contributed by atoms with van der Waals surface area (Å²) in [7, 11) is -4.69. The van der Waals surface area contributed by atoms with Gasteiger partial charge < -0.3 is 39.0 Å². The van der Waals surface area contributed by atoms with E-state index in [0.29, 0.717) is 72.8 Å². The number of aromatic amines is 1. The number of rotatable bonds is 10. The van der Waals surface area contributed by atoms with E-state index in [9.17, 15) is 23.3 Å². The summed E-state index contributed by atoms with van der Waals surface area (Å²) in [6.07, 6.45) is 9.48. The van der Waals surface area contributed by atoms with Crippen LogP contribution in [0.25, 0.3) is 11.0 Å². The molecule has 6 atom stereocenters. The highest BCUT2D eigenvalue weighted by Crippen LogP contribution is 2.55. The van der Waals surface area contributed by atoms with Crippen LogP contribution in [0.2, 0.25) is 0 Å². The van der Waals surface area contributed by atoms with Crippen LogP contribution in [0.4, 0.5) is 28.4 Å². The molecule has 2 bridgehead atoms. The van der Waals surface area contributed by atoms with Crippen molar-refractivity contribution in [1.82, 2.24) is 24.5 Å². The van der Waals surface area contributed by atoms with Gasteiger partial charge in [0.1, 0.15) is 24.0 Å². The van der Waals surface area contributed by atoms with Gasteiger partial charge in [-0.05, 0) is 105 Å². The zero-order valence-electron chi connectivity index (χ0n) is 39.0. The van der Waals surface area contributed by atoms with Gasteiger partial charge in [0.25, 0.3) is 21.6 Å². The lowest BCUT2D eigenvalue weighted by molar-refractivity contribution is -0.384. The van der Waals surface area contributed by atoms with Gasteiger partial charge in [0.05, 0.1) is 59.1 Å². The number of aryl methyl sites for hydroxylation is 1. The minimum atomic E-state index is -4.69. The lowest BCUT2D eigenvalue weighted by Gasteiger charge is -2.56. The number of benzene rings is 3. The summed E-state index contributed by atoms with van der Waals surface area (Å²) in [5.41, 5.74) is 5.52. The first-order chi connectivity index (χ1) is 34.0. The van der Waals surface area contributed by atoms with Gasteiger partial charge in [0, 0.05) is 73.7 Å². The van der Waals surface area contributed by atoms with Gasteiger partial charge in [-0.15, -0.1) is 0 Å². The fourth-order valence-corrected chi connectivity index (χ4v) is 14.1. The van der Waals surface area contributed by atoms with Crippen LogP contribution in [-0.4, -0.2) is 135 Å². The Morgan fingerprint density at radius 1 is 0.986 bits per heavy atom. The first-order valence-electron chi connectivity index (χ1n) is 24.8. The van der Waals surface area contributed by atoms with Crippen LogP contribution >= 0.6 is 0 Å². The topological polar surface area (TPSA) is 197 Å². The molecule has 1 aliphatic carbocycles. The second kappa shape index (κ2) is 16.8. The van der Waals surface area contributed by atoms with Crippen molar-refractivity contribution in [3.63, 3.8) is 0 Å². The zero-order valence-corrected chi connectivity index (χ0v) is 39.9. The largest absolute Gasteiger partial charge is 0.489 e. The van der Waals surface area contributed by atoms with E-state index in [4.69, 9.17) is 23.9 Å². The molecule has 7 aliphatic heterocycles. The molecule has 3 N–H and O–H groups in total. The van der Waals surface area contributed by atoms with E-state index in [2.05, 4.69) is 60.9 Å². The molecule has 0 unspecified atom stereocenters. The molecule has 2 aromatic heterocycles. The Labute approximate surface area is 405 Å². The van der Waals surface area contributed by atoms with E-state index >= 15 is 0 Å². The third kappa shape index (κ3) is 7.54. The number of fused-ring (bicyclic) bond motifs is 6. The number of likely N-dealkylation sites (tertiary alicyclic amines) is 2. The van der Waals surface area contributed by atoms with Crippen molar-refractivity contribution >= 4 is 55.4 Å². The lowest BCUT2D eigenvalue weighted by atomic mass is 9.59. The number of ether oxygens (including phenoxy) is 4. The number of hydrogen-bond donors (Lipinski definition) is 3. The number of aromatic nitrogens is 2. The summed E-state index contributed by atoms with van der Waals surface area (Å²) in [4.78, 5) is 43.6. The summed E-state index contributed by atoms with van der Waals surface area (Å²) in [5, 5.41) is 16.6. The molecule has 9 heterocycles. The quantitative estimate of drug-likeness (QED) is 0.102. The predicted octanol–water partition coefficient (Wildman–Crippen LogP) is 6.43. The number of amides is 1. The lowest BCUT2D eigenvalue weighted by Crippen LogP contribution is -2.55. The Bertz CT molecular complexity index is 3020. The molecule has 6 fully saturated rings. The molecule has 1 spiro atoms. The summed E-state index contributed by atoms with van der Waals surface area (Å²) < 4.78 is 55.1. The van der Waals surface area contributed by atoms with Gasteiger partial charge >= 0.3 is 0 Å². The average molecular weight is 972 g/mol. The fraction of sp³-hybridized carbons (Fsp3) is 0.490. The van der Waals surface area contributed by atoms with E-state index in [-0.39, 0.29) is 41.8 Å². The number of sulfonamides is 1. The molecule has 18 nitrogen and oxygen atoms in total. The molecule has 5 aromatic rings. The molecule has 1 saturated carbocycles. The van der Waals surface area contributed by atoms with E-state index in [1.54, 1.807) is 12.3 Å². The maximum absolute atomic E-state index is 14.7. The van der Waals surface area contributed by atoms with E-state index in [1.807, 2.05) is 29.2 Å². The molecular weight excluding hydrogens is 915 g/mol. The molecule has 13 rings (SSSR count). The Balaban J connectivity index is 0.784. The molecule has 70 heavy (non-hydrogen) atoms. The van der Waals surface area contributed by atoms with Crippen LogP contribution in [0.5, 0.6) is 11.6 Å². The highest BCUT2D eigenvalue weighted by molar-refractivity contribution is 7.90. The first kappa shape index (κ1) is 44.0. The molecule has 3 aromatic carbocycles. The predicted molar refractivity (Wildman–Crippen MR) is 261 cm³/mol. The van der Waals surface area contributed by atoms with E-state index in [0.717, 1.165) is 62.6 Å². The van der Waals surface area contributed by atoms with Crippen LogP contribution < -0.4 is 29.3 Å². The zero-order chi connectivity index (χ0) is 47.5. The minimum Gasteiger partial charge on any atom is -0.489 e. The van der Waals surface area contributed by atoms with Gasteiger partial charge in [-0.3, -0.25) is 24.7 Å². The standard InChI is InChI=1S/C51H57N9O9S/c1-30-5-2-3-6-38(30)40-7-4-14-58(40)35-22-51(23-35)11-15-56(16-12-51)33-8-9-39(41(19-33)59-43-17-31-10-13-52-48(31)54-50(43)69-46-29-66-28-44(46)59)49(61)55-70(64,65)37-20-42(60(62)63)47-45(21-37)68-26-32(53-47)24-57-25-36-18-34(57)27-67-36/h2-3,5-6,8-10,13,17,19-21,32,34-36,40,44,46,53H,4,7,11-12,14-16,18,22-29H2,1H3,(H,52,54)(H,55,61)/t32-,34+,36+,40+,44-,46-/m1/s1. The third-order valence-electron chi connectivity index (χ3n) is 16.7. The number of pyridine rings is 1. The number of carbonyl (C=O) groups is 1. The van der Waals surface area contributed by atoms with Crippen molar-refractivity contribution in [2.24, 2.45) is 5.41 Å². The molecule has 1 amide bonds. The number of nitrogens with one attached hydrogen (secondary N) is 3. The molecule has 19 heteroatoms. The number of hydrogen-bond acceptors (Lipinski definition) is 15. The second-order valence-corrected chi connectivity index (χ2v) is 22.5. The smallest absolute Gasteiger partial charge is 0.297 e. The Hall–Kier alpha value is -5.99.